The van der Waals surface area contributed by atoms with Crippen molar-refractivity contribution in [3.63, 3.8) is 0 Å². The Morgan fingerprint density at radius 3 is 2.57 bits per heavy atom. The van der Waals surface area contributed by atoms with E-state index in [1.54, 1.807) is 0 Å². The molecule has 0 bridgehead atoms. The summed E-state index contributed by atoms with van der Waals surface area (Å²) in [5, 5.41) is 13.5. The minimum atomic E-state index is 0.153. The molecule has 0 spiro atoms. The number of nitrogens with zero attached hydrogens (tertiary/aromatic N) is 4. The predicted octanol–water partition coefficient (Wildman–Crippen LogP) is 1.88. The lowest BCUT2D eigenvalue weighted by atomic mass is 9.89. The van der Waals surface area contributed by atoms with Crippen LogP contribution in [0, 0.1) is 12.8 Å². The van der Waals surface area contributed by atoms with Crippen molar-refractivity contribution in [1.29, 1.82) is 0 Å². The topological polar surface area (TPSA) is 44.5 Å². The molecule has 1 atom stereocenters. The quantitative estimate of drug-likeness (QED) is 0.869. The van der Waals surface area contributed by atoms with Crippen LogP contribution in [0.4, 0.5) is 0 Å². The van der Waals surface area contributed by atoms with Crippen molar-refractivity contribution in [3.05, 3.63) is 17.5 Å². The molecular weight excluding hydrogens is 288 g/mol. The summed E-state index contributed by atoms with van der Waals surface area (Å²) in [5.41, 5.74) is 2.41. The summed E-state index contributed by atoms with van der Waals surface area (Å²) in [6.45, 7) is 11.3. The van der Waals surface area contributed by atoms with Gasteiger partial charge in [0.25, 0.3) is 0 Å². The van der Waals surface area contributed by atoms with E-state index in [0.717, 1.165) is 24.2 Å². The van der Waals surface area contributed by atoms with Gasteiger partial charge >= 0.3 is 0 Å². The van der Waals surface area contributed by atoms with Crippen LogP contribution in [0.3, 0.4) is 0 Å². The van der Waals surface area contributed by atoms with Crippen molar-refractivity contribution in [2.75, 3.05) is 32.8 Å². The second kappa shape index (κ2) is 7.77. The van der Waals surface area contributed by atoms with Crippen LogP contribution in [-0.4, -0.2) is 63.5 Å². The molecule has 1 aromatic rings. The van der Waals surface area contributed by atoms with Crippen LogP contribution in [0.5, 0.6) is 0 Å². The molecule has 0 aliphatic carbocycles. The van der Waals surface area contributed by atoms with E-state index >= 15 is 0 Å². The third-order valence-corrected chi connectivity index (χ3v) is 5.80. The van der Waals surface area contributed by atoms with Gasteiger partial charge in [-0.15, -0.1) is 0 Å². The molecule has 2 aliphatic heterocycles. The average molecular weight is 320 g/mol. The molecule has 3 rings (SSSR count). The Labute approximate surface area is 140 Å². The number of aromatic nitrogens is 2. The molecule has 5 nitrogen and oxygen atoms in total. The highest BCUT2D eigenvalue weighted by Gasteiger charge is 2.29. The number of hydrogen-bond donors (Lipinski definition) is 1. The van der Waals surface area contributed by atoms with Crippen LogP contribution in [-0.2, 0) is 13.1 Å². The van der Waals surface area contributed by atoms with E-state index in [9.17, 15) is 0 Å². The van der Waals surface area contributed by atoms with Gasteiger partial charge in [-0.1, -0.05) is 0 Å². The zero-order valence-electron chi connectivity index (χ0n) is 14.7. The van der Waals surface area contributed by atoms with Crippen molar-refractivity contribution in [2.24, 2.45) is 5.92 Å². The van der Waals surface area contributed by atoms with Crippen molar-refractivity contribution >= 4 is 0 Å². The molecule has 0 amide bonds. The Morgan fingerprint density at radius 1 is 1.22 bits per heavy atom. The van der Waals surface area contributed by atoms with Gasteiger partial charge in [-0.3, -0.25) is 9.58 Å². The van der Waals surface area contributed by atoms with E-state index in [2.05, 4.69) is 34.9 Å². The molecule has 1 aromatic heterocycles. The maximum Gasteiger partial charge on any atom is 0.0641 e. The van der Waals surface area contributed by atoms with E-state index < -0.39 is 0 Å². The Hall–Kier alpha value is -0.910. The molecule has 0 saturated carbocycles. The molecule has 3 heterocycles. The number of piperidine rings is 1. The third-order valence-electron chi connectivity index (χ3n) is 5.80. The second-order valence-corrected chi connectivity index (χ2v) is 7.32. The summed E-state index contributed by atoms with van der Waals surface area (Å²) in [7, 11) is 0. The average Bonchev–Trinajstić information content (AvgIpc) is 3.19. The van der Waals surface area contributed by atoms with Crippen molar-refractivity contribution < 1.29 is 5.11 Å². The summed E-state index contributed by atoms with van der Waals surface area (Å²) in [5.74, 6) is 0.863. The van der Waals surface area contributed by atoms with Crippen LogP contribution >= 0.6 is 0 Å². The fourth-order valence-electron chi connectivity index (χ4n) is 4.21. The first-order valence-electron chi connectivity index (χ1n) is 9.27. The minimum Gasteiger partial charge on any atom is -0.394 e. The molecule has 1 N–H and O–H groups in total. The smallest absolute Gasteiger partial charge is 0.0641 e. The molecule has 2 aliphatic rings. The molecule has 23 heavy (non-hydrogen) atoms. The van der Waals surface area contributed by atoms with Crippen molar-refractivity contribution in [3.8, 4) is 0 Å². The Bertz CT molecular complexity index is 487. The maximum atomic E-state index is 9.04. The van der Waals surface area contributed by atoms with Gasteiger partial charge in [0.05, 0.1) is 18.8 Å². The lowest BCUT2D eigenvalue weighted by Gasteiger charge is -2.38. The molecule has 5 heteroatoms. The largest absolute Gasteiger partial charge is 0.394 e. The van der Waals surface area contributed by atoms with Crippen LogP contribution in [0.1, 0.15) is 43.9 Å². The van der Waals surface area contributed by atoms with Crippen molar-refractivity contribution in [2.45, 2.75) is 58.7 Å². The van der Waals surface area contributed by atoms with Gasteiger partial charge in [-0.05, 0) is 71.6 Å². The van der Waals surface area contributed by atoms with E-state index in [-0.39, 0.29) is 6.61 Å². The first kappa shape index (κ1) is 16.9. The van der Waals surface area contributed by atoms with Gasteiger partial charge in [0.1, 0.15) is 0 Å². The van der Waals surface area contributed by atoms with Crippen LogP contribution < -0.4 is 0 Å². The summed E-state index contributed by atoms with van der Waals surface area (Å²) in [6.07, 6.45) is 7.52. The summed E-state index contributed by atoms with van der Waals surface area (Å²) in [4.78, 5) is 5.27. The maximum absolute atomic E-state index is 9.04. The monoisotopic (exact) mass is 320 g/mol. The molecule has 130 valence electrons. The van der Waals surface area contributed by atoms with E-state index in [1.165, 1.54) is 57.4 Å². The third kappa shape index (κ3) is 4.14. The minimum absolute atomic E-state index is 0.153. The van der Waals surface area contributed by atoms with Gasteiger partial charge in [-0.2, -0.15) is 5.10 Å². The zero-order chi connectivity index (χ0) is 16.2. The predicted molar refractivity (Wildman–Crippen MR) is 92.3 cm³/mol. The number of aryl methyl sites for hydroxylation is 1. The second-order valence-electron chi connectivity index (χ2n) is 7.32. The van der Waals surface area contributed by atoms with Gasteiger partial charge in [-0.25, -0.2) is 0 Å². The molecule has 0 radical (unpaired) electrons. The molecular formula is C18H32N4O. The summed E-state index contributed by atoms with van der Waals surface area (Å²) < 4.78 is 1.87. The highest BCUT2D eigenvalue weighted by Crippen LogP contribution is 2.27. The summed E-state index contributed by atoms with van der Waals surface area (Å²) >= 11 is 0. The van der Waals surface area contributed by atoms with Crippen LogP contribution in [0.15, 0.2) is 6.20 Å². The standard InChI is InChI=1S/C18H32N4O/c1-15-18(14-22(19-15)11-12-23)13-20-9-5-17(6-10-20)16(2)21-7-3-4-8-21/h14,16-17,23H,3-13H2,1-2H3/t16-/m0/s1. The number of likely N-dealkylation sites (tertiary alicyclic amines) is 2. The van der Waals surface area contributed by atoms with Crippen LogP contribution in [0.25, 0.3) is 0 Å². The van der Waals surface area contributed by atoms with Gasteiger partial charge in [0.2, 0.25) is 0 Å². The Balaban J connectivity index is 1.49. The lowest BCUT2D eigenvalue weighted by molar-refractivity contribution is 0.108. The Kier molecular flexibility index (Phi) is 5.72. The Morgan fingerprint density at radius 2 is 1.91 bits per heavy atom. The first-order chi connectivity index (χ1) is 11.2. The number of hydrogen-bond acceptors (Lipinski definition) is 4. The fourth-order valence-corrected chi connectivity index (χ4v) is 4.21. The number of rotatable bonds is 6. The van der Waals surface area contributed by atoms with E-state index in [0.29, 0.717) is 6.54 Å². The van der Waals surface area contributed by atoms with Gasteiger partial charge < -0.3 is 10.0 Å². The molecule has 0 unspecified atom stereocenters. The SMILES string of the molecule is Cc1nn(CCO)cc1CN1CCC([C@H](C)N2CCCC2)CC1. The van der Waals surface area contributed by atoms with E-state index in [1.807, 2.05) is 4.68 Å². The fraction of sp³-hybridized carbons (Fsp3) is 0.833. The van der Waals surface area contributed by atoms with Crippen molar-refractivity contribution in [1.82, 2.24) is 19.6 Å². The summed E-state index contributed by atoms with van der Waals surface area (Å²) in [6, 6.07) is 0.758. The van der Waals surface area contributed by atoms with Gasteiger partial charge in [0, 0.05) is 24.3 Å². The zero-order valence-corrected chi connectivity index (χ0v) is 14.7. The van der Waals surface area contributed by atoms with Crippen LogP contribution in [0.2, 0.25) is 0 Å². The lowest BCUT2D eigenvalue weighted by Crippen LogP contribution is -2.42. The first-order valence-corrected chi connectivity index (χ1v) is 9.27. The number of aliphatic hydroxyl groups is 1. The molecule has 2 fully saturated rings. The normalized spacial score (nSPS) is 22.7. The highest BCUT2D eigenvalue weighted by molar-refractivity contribution is 5.15. The molecule has 2 saturated heterocycles. The van der Waals surface area contributed by atoms with Gasteiger partial charge in [0.15, 0.2) is 0 Å². The highest BCUT2D eigenvalue weighted by atomic mass is 16.3. The number of aliphatic hydroxyl groups excluding tert-OH is 1. The van der Waals surface area contributed by atoms with E-state index in [4.69, 9.17) is 5.11 Å². The molecule has 0 aromatic carbocycles.